The molecule has 0 radical (unpaired) electrons. The van der Waals surface area contributed by atoms with Crippen LogP contribution in [-0.4, -0.2) is 4.98 Å². The molecule has 0 aromatic carbocycles. The second kappa shape index (κ2) is 2.56. The molecule has 0 aliphatic rings. The van der Waals surface area contributed by atoms with E-state index in [2.05, 4.69) is 4.98 Å². The zero-order valence-electron chi connectivity index (χ0n) is 5.96. The van der Waals surface area contributed by atoms with Gasteiger partial charge in [-0.25, -0.2) is 4.98 Å². The summed E-state index contributed by atoms with van der Waals surface area (Å²) in [5, 5.41) is 0. The Kier molecular flexibility index (Phi) is 1.76. The van der Waals surface area contributed by atoms with E-state index < -0.39 is 0 Å². The molecule has 0 unspecified atom stereocenters. The normalized spacial score (nSPS) is 9.70. The lowest BCUT2D eigenvalue weighted by Gasteiger charge is -2.00. The predicted octanol–water partition coefficient (Wildman–Crippen LogP) is 0.808. The number of pyridine rings is 1. The second-order valence-electron chi connectivity index (χ2n) is 2.17. The van der Waals surface area contributed by atoms with E-state index in [-0.39, 0.29) is 0 Å². The number of hydrogen-bond acceptors (Lipinski definition) is 3. The fourth-order valence-electron chi connectivity index (χ4n) is 0.823. The zero-order valence-corrected chi connectivity index (χ0v) is 5.96. The van der Waals surface area contributed by atoms with Crippen LogP contribution in [0, 0.1) is 0 Å². The van der Waals surface area contributed by atoms with E-state index in [9.17, 15) is 0 Å². The molecule has 1 heterocycles. The molecule has 0 aliphatic carbocycles. The van der Waals surface area contributed by atoms with Crippen molar-refractivity contribution in [3.63, 3.8) is 0 Å². The fourth-order valence-corrected chi connectivity index (χ4v) is 0.823. The number of aryl methyl sites for hydroxylation is 1. The van der Waals surface area contributed by atoms with E-state index in [1.54, 1.807) is 6.20 Å². The third kappa shape index (κ3) is 1.18. The molecule has 54 valence electrons. The van der Waals surface area contributed by atoms with Gasteiger partial charge >= 0.3 is 0 Å². The van der Waals surface area contributed by atoms with Crippen LogP contribution in [0.25, 0.3) is 0 Å². The maximum atomic E-state index is 5.53. The highest BCUT2D eigenvalue weighted by atomic mass is 14.8. The van der Waals surface area contributed by atoms with E-state index in [0.717, 1.165) is 12.0 Å². The Hall–Kier alpha value is -1.25. The van der Waals surface area contributed by atoms with Gasteiger partial charge in [-0.15, -0.1) is 0 Å². The molecular weight excluding hydrogens is 126 g/mol. The van der Waals surface area contributed by atoms with Crippen LogP contribution in [-0.2, 0) is 6.42 Å². The average Bonchev–Trinajstić information content (AvgIpc) is 1.94. The van der Waals surface area contributed by atoms with Crippen LogP contribution < -0.4 is 11.5 Å². The molecule has 0 bridgehead atoms. The third-order valence-corrected chi connectivity index (χ3v) is 1.40. The fraction of sp³-hybridized carbons (Fsp3) is 0.286. The summed E-state index contributed by atoms with van der Waals surface area (Å²) in [5.74, 6) is 0.580. The summed E-state index contributed by atoms with van der Waals surface area (Å²) in [6, 6.07) is 1.85. The molecule has 0 saturated carbocycles. The van der Waals surface area contributed by atoms with E-state index in [0.29, 0.717) is 11.5 Å². The quantitative estimate of drug-likeness (QED) is 0.602. The molecule has 0 fully saturated rings. The zero-order chi connectivity index (χ0) is 7.56. The van der Waals surface area contributed by atoms with Crippen molar-refractivity contribution in [2.75, 3.05) is 11.5 Å². The summed E-state index contributed by atoms with van der Waals surface area (Å²) in [6.07, 6.45) is 2.44. The number of aromatic nitrogens is 1. The first-order valence-electron chi connectivity index (χ1n) is 3.24. The van der Waals surface area contributed by atoms with Crippen molar-refractivity contribution in [1.82, 2.24) is 4.98 Å². The van der Waals surface area contributed by atoms with Crippen molar-refractivity contribution in [3.05, 3.63) is 17.8 Å². The molecule has 0 spiro atoms. The highest BCUT2D eigenvalue weighted by Gasteiger charge is 1.96. The van der Waals surface area contributed by atoms with Gasteiger partial charge in [0.15, 0.2) is 0 Å². The van der Waals surface area contributed by atoms with Crippen LogP contribution in [0.3, 0.4) is 0 Å². The average molecular weight is 137 g/mol. The molecule has 0 atom stereocenters. The lowest BCUT2D eigenvalue weighted by atomic mass is 10.2. The third-order valence-electron chi connectivity index (χ3n) is 1.40. The number of rotatable bonds is 1. The van der Waals surface area contributed by atoms with Crippen LogP contribution in [0.4, 0.5) is 11.5 Å². The molecule has 3 nitrogen and oxygen atoms in total. The molecule has 0 saturated heterocycles. The van der Waals surface area contributed by atoms with Crippen LogP contribution in [0.15, 0.2) is 12.3 Å². The highest BCUT2D eigenvalue weighted by Crippen LogP contribution is 2.11. The van der Waals surface area contributed by atoms with Gasteiger partial charge in [0.1, 0.15) is 5.82 Å². The number of nitrogens with zero attached hydrogens (tertiary/aromatic N) is 1. The van der Waals surface area contributed by atoms with Gasteiger partial charge in [-0.1, -0.05) is 6.92 Å². The Bertz CT molecular complexity index is 232. The van der Waals surface area contributed by atoms with E-state index >= 15 is 0 Å². The van der Waals surface area contributed by atoms with Crippen molar-refractivity contribution in [1.29, 1.82) is 0 Å². The smallest absolute Gasteiger partial charge is 0.126 e. The molecule has 3 heteroatoms. The van der Waals surface area contributed by atoms with Crippen molar-refractivity contribution >= 4 is 11.5 Å². The van der Waals surface area contributed by atoms with Gasteiger partial charge in [-0.3, -0.25) is 0 Å². The predicted molar refractivity (Wildman–Crippen MR) is 42.4 cm³/mol. The van der Waals surface area contributed by atoms with Gasteiger partial charge in [0.2, 0.25) is 0 Å². The topological polar surface area (TPSA) is 64.9 Å². The van der Waals surface area contributed by atoms with E-state index in [1.165, 1.54) is 0 Å². The van der Waals surface area contributed by atoms with Crippen molar-refractivity contribution in [3.8, 4) is 0 Å². The van der Waals surface area contributed by atoms with Crippen LogP contribution in [0.2, 0.25) is 0 Å². The lowest BCUT2D eigenvalue weighted by molar-refractivity contribution is 1.11. The standard InChI is InChI=1S/C7H11N3/c1-2-5-3-6(8)4-10-7(5)9/h3-4H,2,8H2,1H3,(H2,9,10). The second-order valence-corrected chi connectivity index (χ2v) is 2.17. The maximum Gasteiger partial charge on any atom is 0.126 e. The number of nitrogen functional groups attached to an aromatic ring is 2. The number of anilines is 2. The first kappa shape index (κ1) is 6.86. The molecule has 0 aliphatic heterocycles. The van der Waals surface area contributed by atoms with Gasteiger partial charge in [0, 0.05) is 0 Å². The van der Waals surface area contributed by atoms with Gasteiger partial charge in [0.05, 0.1) is 11.9 Å². The Morgan fingerprint density at radius 2 is 2.20 bits per heavy atom. The molecule has 4 N–H and O–H groups in total. The molecule has 10 heavy (non-hydrogen) atoms. The van der Waals surface area contributed by atoms with E-state index in [4.69, 9.17) is 11.5 Å². The molecule has 1 aromatic rings. The van der Waals surface area contributed by atoms with Gasteiger partial charge in [-0.2, -0.15) is 0 Å². The molecule has 1 rings (SSSR count). The van der Waals surface area contributed by atoms with Crippen LogP contribution >= 0.6 is 0 Å². The molecule has 0 amide bonds. The highest BCUT2D eigenvalue weighted by molar-refractivity contribution is 5.48. The molecular formula is C7H11N3. The van der Waals surface area contributed by atoms with Crippen molar-refractivity contribution in [2.45, 2.75) is 13.3 Å². The lowest BCUT2D eigenvalue weighted by Crippen LogP contribution is -1.98. The molecule has 1 aromatic heterocycles. The summed E-state index contributed by atoms with van der Waals surface area (Å²) in [7, 11) is 0. The Morgan fingerprint density at radius 1 is 1.50 bits per heavy atom. The SMILES string of the molecule is CCc1cc(N)cnc1N. The maximum absolute atomic E-state index is 5.53. The van der Waals surface area contributed by atoms with Gasteiger partial charge in [-0.05, 0) is 18.1 Å². The largest absolute Gasteiger partial charge is 0.397 e. The van der Waals surface area contributed by atoms with Gasteiger partial charge in [0.25, 0.3) is 0 Å². The minimum Gasteiger partial charge on any atom is -0.397 e. The number of hydrogen-bond donors (Lipinski definition) is 2. The summed E-state index contributed by atoms with van der Waals surface area (Å²) in [6.45, 7) is 2.02. The van der Waals surface area contributed by atoms with Gasteiger partial charge < -0.3 is 11.5 Å². The monoisotopic (exact) mass is 137 g/mol. The summed E-state index contributed by atoms with van der Waals surface area (Å²) < 4.78 is 0. The Morgan fingerprint density at radius 3 is 2.70 bits per heavy atom. The van der Waals surface area contributed by atoms with Crippen molar-refractivity contribution < 1.29 is 0 Å². The summed E-state index contributed by atoms with van der Waals surface area (Å²) in [5.41, 5.74) is 12.7. The minimum atomic E-state index is 0.580. The summed E-state index contributed by atoms with van der Waals surface area (Å²) >= 11 is 0. The van der Waals surface area contributed by atoms with Crippen molar-refractivity contribution in [2.24, 2.45) is 0 Å². The minimum absolute atomic E-state index is 0.580. The first-order valence-corrected chi connectivity index (χ1v) is 3.24. The van der Waals surface area contributed by atoms with Crippen LogP contribution in [0.1, 0.15) is 12.5 Å². The Balaban J connectivity index is 3.09. The van der Waals surface area contributed by atoms with Crippen LogP contribution in [0.5, 0.6) is 0 Å². The number of nitrogens with two attached hydrogens (primary N) is 2. The first-order chi connectivity index (χ1) is 4.74. The summed E-state index contributed by atoms with van der Waals surface area (Å²) in [4.78, 5) is 3.90. The van der Waals surface area contributed by atoms with E-state index in [1.807, 2.05) is 13.0 Å². The Labute approximate surface area is 60.1 Å².